The van der Waals surface area contributed by atoms with E-state index >= 15 is 0 Å². The van der Waals surface area contributed by atoms with Gasteiger partial charge in [-0.25, -0.2) is 4.39 Å². The molecule has 0 atom stereocenters. The van der Waals surface area contributed by atoms with Crippen molar-refractivity contribution in [2.45, 2.75) is 26.3 Å². The van der Waals surface area contributed by atoms with Crippen molar-refractivity contribution in [2.24, 2.45) is 0 Å². The fourth-order valence-corrected chi connectivity index (χ4v) is 3.12. The molecular weight excluding hydrogens is 391 g/mol. The first-order valence-corrected chi connectivity index (χ1v) is 10.1. The Morgan fingerprint density at radius 1 is 1.17 bits per heavy atom. The maximum atomic E-state index is 12.9. The summed E-state index contributed by atoms with van der Waals surface area (Å²) in [7, 11) is 1.55. The van der Waals surface area contributed by atoms with Gasteiger partial charge in [-0.1, -0.05) is 0 Å². The van der Waals surface area contributed by atoms with E-state index in [0.717, 1.165) is 4.90 Å². The average Bonchev–Trinajstić information content (AvgIpc) is 2.66. The van der Waals surface area contributed by atoms with Crippen molar-refractivity contribution < 1.29 is 28.4 Å². The van der Waals surface area contributed by atoms with E-state index in [1.807, 2.05) is 20.8 Å². The smallest absolute Gasteiger partial charge is 0.275 e. The van der Waals surface area contributed by atoms with Crippen molar-refractivity contribution in [2.75, 3.05) is 52.9 Å². The molecule has 2 rings (SSSR count). The van der Waals surface area contributed by atoms with Crippen molar-refractivity contribution in [3.63, 3.8) is 0 Å². The summed E-state index contributed by atoms with van der Waals surface area (Å²) in [4.78, 5) is 40.9. The number of rotatable bonds is 7. The van der Waals surface area contributed by atoms with Crippen LogP contribution in [-0.2, 0) is 14.4 Å². The molecule has 1 heterocycles. The minimum atomic E-state index is -0.381. The second-order valence-electron chi connectivity index (χ2n) is 8.60. The van der Waals surface area contributed by atoms with Crippen LogP contribution in [0.25, 0.3) is 0 Å². The van der Waals surface area contributed by atoms with Crippen molar-refractivity contribution in [1.29, 1.82) is 0 Å². The minimum absolute atomic E-state index is 0.00348. The molecule has 0 aromatic heterocycles. The molecule has 0 saturated carbocycles. The number of nitrogens with zero attached hydrogens (tertiary/aromatic N) is 2. The topological polar surface area (TPSA) is 83.4 Å². The van der Waals surface area contributed by atoms with Gasteiger partial charge in [0.05, 0.1) is 32.7 Å². The zero-order chi connectivity index (χ0) is 22.3. The normalized spacial score (nSPS) is 14.9. The molecule has 1 fully saturated rings. The second kappa shape index (κ2) is 10.4. The summed E-state index contributed by atoms with van der Waals surface area (Å²) in [6, 6.07) is 5.39. The zero-order valence-electron chi connectivity index (χ0n) is 18.2. The highest BCUT2D eigenvalue weighted by Crippen LogP contribution is 2.11. The van der Waals surface area contributed by atoms with Crippen LogP contribution in [0.15, 0.2) is 24.3 Å². The summed E-state index contributed by atoms with van der Waals surface area (Å²) >= 11 is 0. The Kier molecular flexibility index (Phi) is 8.16. The lowest BCUT2D eigenvalue weighted by atomic mass is 10.1. The standard InChI is InChI=1S/C21H31FN4O4/c1-21(2,3)23-18(27)13-25-9-11-26(12-10-25)19(28)14-24(4)20(29)15-30-17-7-5-16(22)6-8-17/h5-8H,9-15H2,1-4H3,(H,23,27)/p+1. The van der Waals surface area contributed by atoms with Gasteiger partial charge in [-0.2, -0.15) is 0 Å². The van der Waals surface area contributed by atoms with E-state index in [9.17, 15) is 18.8 Å². The van der Waals surface area contributed by atoms with Crippen molar-refractivity contribution >= 4 is 17.7 Å². The third-order valence-corrected chi connectivity index (χ3v) is 4.72. The molecule has 0 unspecified atom stereocenters. The molecule has 9 heteroatoms. The SMILES string of the molecule is CN(CC(=O)N1CC[NH+](CC(=O)NC(C)(C)C)CC1)C(=O)COc1ccc(F)cc1. The van der Waals surface area contributed by atoms with Crippen LogP contribution in [0, 0.1) is 5.82 Å². The first-order chi connectivity index (χ1) is 14.0. The average molecular weight is 424 g/mol. The summed E-state index contributed by atoms with van der Waals surface area (Å²) in [5, 5.41) is 2.95. The van der Waals surface area contributed by atoms with Crippen molar-refractivity contribution in [3.05, 3.63) is 30.1 Å². The first kappa shape index (κ1) is 23.6. The van der Waals surface area contributed by atoms with Crippen molar-refractivity contribution in [1.82, 2.24) is 15.1 Å². The Hall–Kier alpha value is -2.68. The number of piperazine rings is 1. The Balaban J connectivity index is 1.71. The predicted octanol–water partition coefficient (Wildman–Crippen LogP) is -0.695. The first-order valence-electron chi connectivity index (χ1n) is 10.1. The molecule has 166 valence electrons. The van der Waals surface area contributed by atoms with E-state index in [-0.39, 0.29) is 42.2 Å². The molecule has 1 aromatic carbocycles. The van der Waals surface area contributed by atoms with E-state index in [4.69, 9.17) is 4.74 Å². The number of benzene rings is 1. The maximum absolute atomic E-state index is 12.9. The fourth-order valence-electron chi connectivity index (χ4n) is 3.12. The van der Waals surface area contributed by atoms with Gasteiger partial charge in [-0.15, -0.1) is 0 Å². The number of ether oxygens (including phenoxy) is 1. The van der Waals surface area contributed by atoms with E-state index in [0.29, 0.717) is 38.5 Å². The highest BCUT2D eigenvalue weighted by atomic mass is 19.1. The number of likely N-dealkylation sites (N-methyl/N-ethyl adjacent to an activating group) is 1. The van der Waals surface area contributed by atoms with E-state index in [1.54, 1.807) is 11.9 Å². The lowest BCUT2D eigenvalue weighted by Gasteiger charge is -2.33. The van der Waals surface area contributed by atoms with Gasteiger partial charge in [0.15, 0.2) is 13.2 Å². The van der Waals surface area contributed by atoms with Crippen LogP contribution in [0.2, 0.25) is 0 Å². The van der Waals surface area contributed by atoms with Gasteiger partial charge >= 0.3 is 0 Å². The monoisotopic (exact) mass is 423 g/mol. The molecule has 0 spiro atoms. The maximum Gasteiger partial charge on any atom is 0.275 e. The molecule has 2 N–H and O–H groups in total. The summed E-state index contributed by atoms with van der Waals surface area (Å²) in [5.41, 5.74) is -0.258. The van der Waals surface area contributed by atoms with Gasteiger partial charge in [0.1, 0.15) is 11.6 Å². The van der Waals surface area contributed by atoms with Gasteiger partial charge in [-0.05, 0) is 45.0 Å². The van der Waals surface area contributed by atoms with E-state index in [2.05, 4.69) is 5.32 Å². The van der Waals surface area contributed by atoms with Gasteiger partial charge in [-0.3, -0.25) is 14.4 Å². The van der Waals surface area contributed by atoms with Crippen LogP contribution in [0.3, 0.4) is 0 Å². The molecular formula is C21H32FN4O4+. The quantitative estimate of drug-likeness (QED) is 0.608. The molecule has 3 amide bonds. The highest BCUT2D eigenvalue weighted by Gasteiger charge is 2.27. The van der Waals surface area contributed by atoms with Crippen LogP contribution >= 0.6 is 0 Å². The predicted molar refractivity (Wildman–Crippen MR) is 110 cm³/mol. The molecule has 8 nitrogen and oxygen atoms in total. The molecule has 1 aliphatic rings. The number of nitrogens with one attached hydrogen (secondary N) is 2. The van der Waals surface area contributed by atoms with Crippen molar-refractivity contribution in [3.8, 4) is 5.75 Å². The van der Waals surface area contributed by atoms with E-state index < -0.39 is 0 Å². The number of quaternary nitrogens is 1. The molecule has 0 aliphatic carbocycles. The Morgan fingerprint density at radius 3 is 2.33 bits per heavy atom. The van der Waals surface area contributed by atoms with Gasteiger partial charge in [0.2, 0.25) is 5.91 Å². The molecule has 30 heavy (non-hydrogen) atoms. The molecule has 1 aromatic rings. The van der Waals surface area contributed by atoms with Crippen LogP contribution in [0.5, 0.6) is 5.75 Å². The third kappa shape index (κ3) is 7.98. The molecule has 0 bridgehead atoms. The van der Waals surface area contributed by atoms with Crippen LogP contribution in [-0.4, -0.2) is 86.0 Å². The Morgan fingerprint density at radius 2 is 1.77 bits per heavy atom. The third-order valence-electron chi connectivity index (χ3n) is 4.72. The van der Waals surface area contributed by atoms with Crippen LogP contribution < -0.4 is 15.0 Å². The second-order valence-corrected chi connectivity index (χ2v) is 8.60. The number of carbonyl (C=O) groups excluding carboxylic acids is 3. The summed E-state index contributed by atoms with van der Waals surface area (Å²) < 4.78 is 18.2. The molecule has 1 saturated heterocycles. The summed E-state index contributed by atoms with van der Waals surface area (Å²) in [6.45, 7) is 8.43. The van der Waals surface area contributed by atoms with Crippen LogP contribution in [0.4, 0.5) is 4.39 Å². The molecule has 0 radical (unpaired) electrons. The minimum Gasteiger partial charge on any atom is -0.484 e. The number of hydrogen-bond acceptors (Lipinski definition) is 4. The zero-order valence-corrected chi connectivity index (χ0v) is 18.2. The lowest BCUT2D eigenvalue weighted by Crippen LogP contribution is -3.16. The fraction of sp³-hybridized carbons (Fsp3) is 0.571. The molecule has 1 aliphatic heterocycles. The van der Waals surface area contributed by atoms with Gasteiger partial charge in [0, 0.05) is 12.6 Å². The number of carbonyl (C=O) groups is 3. The Labute approximate surface area is 176 Å². The van der Waals surface area contributed by atoms with E-state index in [1.165, 1.54) is 29.2 Å². The number of amides is 3. The summed E-state index contributed by atoms with van der Waals surface area (Å²) in [6.07, 6.45) is 0. The highest BCUT2D eigenvalue weighted by molar-refractivity contribution is 5.85. The number of hydrogen-bond donors (Lipinski definition) is 2. The Bertz CT molecular complexity index is 740. The van der Waals surface area contributed by atoms with Gasteiger partial charge in [0.25, 0.3) is 11.8 Å². The van der Waals surface area contributed by atoms with Gasteiger partial charge < -0.3 is 24.8 Å². The largest absolute Gasteiger partial charge is 0.484 e. The van der Waals surface area contributed by atoms with Crippen LogP contribution in [0.1, 0.15) is 20.8 Å². The lowest BCUT2D eigenvalue weighted by molar-refractivity contribution is -0.896. The summed E-state index contributed by atoms with van der Waals surface area (Å²) in [5.74, 6) is -0.461. The number of halogens is 1.